The van der Waals surface area contributed by atoms with Crippen molar-refractivity contribution in [2.45, 2.75) is 40.0 Å². The Morgan fingerprint density at radius 3 is 2.33 bits per heavy atom. The molecule has 0 atom stereocenters. The second-order valence-corrected chi connectivity index (χ2v) is 4.79. The van der Waals surface area contributed by atoms with Crippen molar-refractivity contribution >= 4 is 5.91 Å². The van der Waals surface area contributed by atoms with E-state index in [9.17, 15) is 4.79 Å². The monoisotopic (exact) mass is 252 g/mol. The van der Waals surface area contributed by atoms with Gasteiger partial charge in [0.2, 0.25) is 0 Å². The van der Waals surface area contributed by atoms with Crippen LogP contribution in [-0.2, 0) is 0 Å². The van der Waals surface area contributed by atoms with Crippen LogP contribution in [0.15, 0.2) is 4.42 Å². The Morgan fingerprint density at radius 2 is 1.83 bits per heavy atom. The molecule has 18 heavy (non-hydrogen) atoms. The summed E-state index contributed by atoms with van der Waals surface area (Å²) in [5.74, 6) is 1.59. The molecular weight excluding hydrogens is 228 g/mol. The standard InChI is InChI=1S/C14H24N2O2/c1-10-11(2)18-12(3)13(10)14(17)16(4)9-7-5-6-8-15/h5-9,15H2,1-4H3. The number of furan rings is 1. The van der Waals surface area contributed by atoms with Crippen molar-refractivity contribution in [2.75, 3.05) is 20.1 Å². The van der Waals surface area contributed by atoms with Crippen LogP contribution in [-0.4, -0.2) is 30.9 Å². The molecule has 4 heteroatoms. The van der Waals surface area contributed by atoms with Gasteiger partial charge in [0.15, 0.2) is 0 Å². The maximum absolute atomic E-state index is 12.3. The van der Waals surface area contributed by atoms with Crippen LogP contribution in [0.2, 0.25) is 0 Å². The van der Waals surface area contributed by atoms with Crippen LogP contribution in [0.3, 0.4) is 0 Å². The van der Waals surface area contributed by atoms with Gasteiger partial charge in [-0.05, 0) is 40.2 Å². The Morgan fingerprint density at radius 1 is 1.17 bits per heavy atom. The highest BCUT2D eigenvalue weighted by Crippen LogP contribution is 2.22. The predicted octanol–water partition coefficient (Wildman–Crippen LogP) is 2.41. The average molecular weight is 252 g/mol. The minimum atomic E-state index is 0.0506. The predicted molar refractivity (Wildman–Crippen MR) is 72.8 cm³/mol. The molecule has 0 radical (unpaired) electrons. The minimum absolute atomic E-state index is 0.0506. The lowest BCUT2D eigenvalue weighted by Crippen LogP contribution is -2.28. The lowest BCUT2D eigenvalue weighted by molar-refractivity contribution is 0.0790. The fourth-order valence-electron chi connectivity index (χ4n) is 2.07. The largest absolute Gasteiger partial charge is 0.466 e. The number of amides is 1. The van der Waals surface area contributed by atoms with E-state index in [1.807, 2.05) is 27.8 Å². The van der Waals surface area contributed by atoms with E-state index >= 15 is 0 Å². The van der Waals surface area contributed by atoms with Gasteiger partial charge in [0.1, 0.15) is 11.5 Å². The van der Waals surface area contributed by atoms with E-state index in [4.69, 9.17) is 10.2 Å². The van der Waals surface area contributed by atoms with Gasteiger partial charge in [0.05, 0.1) is 5.56 Å². The molecule has 1 aromatic heterocycles. The Bertz CT molecular complexity index is 410. The molecular formula is C14H24N2O2. The molecule has 1 heterocycles. The first-order valence-electron chi connectivity index (χ1n) is 6.51. The molecule has 4 nitrogen and oxygen atoms in total. The topological polar surface area (TPSA) is 59.5 Å². The number of nitrogens with zero attached hydrogens (tertiary/aromatic N) is 1. The maximum atomic E-state index is 12.3. The molecule has 0 aliphatic carbocycles. The van der Waals surface area contributed by atoms with Gasteiger partial charge in [0.25, 0.3) is 5.91 Å². The zero-order valence-electron chi connectivity index (χ0n) is 11.9. The second-order valence-electron chi connectivity index (χ2n) is 4.79. The Balaban J connectivity index is 2.63. The van der Waals surface area contributed by atoms with Crippen LogP contribution in [0.4, 0.5) is 0 Å². The number of unbranched alkanes of at least 4 members (excludes halogenated alkanes) is 2. The smallest absolute Gasteiger partial charge is 0.257 e. The van der Waals surface area contributed by atoms with Crippen molar-refractivity contribution in [1.29, 1.82) is 0 Å². The third-order valence-corrected chi connectivity index (χ3v) is 3.32. The summed E-state index contributed by atoms with van der Waals surface area (Å²) in [6, 6.07) is 0. The summed E-state index contributed by atoms with van der Waals surface area (Å²) in [5, 5.41) is 0. The van der Waals surface area contributed by atoms with Crippen molar-refractivity contribution < 1.29 is 9.21 Å². The quantitative estimate of drug-likeness (QED) is 0.791. The van der Waals surface area contributed by atoms with Crippen LogP contribution in [0.1, 0.15) is 46.7 Å². The first-order chi connectivity index (χ1) is 8.49. The summed E-state index contributed by atoms with van der Waals surface area (Å²) in [7, 11) is 1.84. The van der Waals surface area contributed by atoms with Gasteiger partial charge < -0.3 is 15.1 Å². The first-order valence-corrected chi connectivity index (χ1v) is 6.51. The van der Waals surface area contributed by atoms with Crippen LogP contribution >= 0.6 is 0 Å². The molecule has 0 fully saturated rings. The van der Waals surface area contributed by atoms with Crippen molar-refractivity contribution in [3.05, 3.63) is 22.6 Å². The zero-order chi connectivity index (χ0) is 13.7. The van der Waals surface area contributed by atoms with Gasteiger partial charge in [-0.1, -0.05) is 6.42 Å². The molecule has 0 bridgehead atoms. The van der Waals surface area contributed by atoms with Gasteiger partial charge in [0, 0.05) is 19.2 Å². The molecule has 1 rings (SSSR count). The lowest BCUT2D eigenvalue weighted by Gasteiger charge is -2.17. The molecule has 0 aliphatic rings. The van der Waals surface area contributed by atoms with Gasteiger partial charge >= 0.3 is 0 Å². The highest BCUT2D eigenvalue weighted by Gasteiger charge is 2.21. The van der Waals surface area contributed by atoms with Gasteiger partial charge in [-0.2, -0.15) is 0 Å². The Kier molecular flexibility index (Phi) is 5.41. The van der Waals surface area contributed by atoms with E-state index in [1.165, 1.54) is 0 Å². The third-order valence-electron chi connectivity index (χ3n) is 3.32. The lowest BCUT2D eigenvalue weighted by atomic mass is 10.1. The normalized spacial score (nSPS) is 10.7. The van der Waals surface area contributed by atoms with E-state index in [1.54, 1.807) is 4.90 Å². The molecule has 0 saturated heterocycles. The van der Waals surface area contributed by atoms with Crippen LogP contribution in [0, 0.1) is 20.8 Å². The summed E-state index contributed by atoms with van der Waals surface area (Å²) in [5.41, 5.74) is 7.11. The highest BCUT2D eigenvalue weighted by atomic mass is 16.3. The van der Waals surface area contributed by atoms with E-state index < -0.39 is 0 Å². The minimum Gasteiger partial charge on any atom is -0.466 e. The molecule has 1 amide bonds. The van der Waals surface area contributed by atoms with Crippen molar-refractivity contribution in [2.24, 2.45) is 5.73 Å². The van der Waals surface area contributed by atoms with E-state index in [0.29, 0.717) is 11.3 Å². The number of rotatable bonds is 6. The average Bonchev–Trinajstić information content (AvgIpc) is 2.58. The molecule has 102 valence electrons. The third kappa shape index (κ3) is 3.35. The molecule has 0 spiro atoms. The number of hydrogen-bond acceptors (Lipinski definition) is 3. The first kappa shape index (κ1) is 14.8. The molecule has 2 N–H and O–H groups in total. The zero-order valence-corrected chi connectivity index (χ0v) is 11.9. The molecule has 0 aliphatic heterocycles. The number of nitrogens with two attached hydrogens (primary N) is 1. The van der Waals surface area contributed by atoms with Crippen molar-refractivity contribution in [1.82, 2.24) is 4.90 Å². The number of hydrogen-bond donors (Lipinski definition) is 1. The summed E-state index contributed by atoms with van der Waals surface area (Å²) < 4.78 is 5.50. The SMILES string of the molecule is Cc1oc(C)c(C(=O)N(C)CCCCCN)c1C. The fourth-order valence-corrected chi connectivity index (χ4v) is 2.07. The summed E-state index contributed by atoms with van der Waals surface area (Å²) in [4.78, 5) is 14.1. The van der Waals surface area contributed by atoms with Crippen LogP contribution in [0.25, 0.3) is 0 Å². The van der Waals surface area contributed by atoms with E-state index in [0.717, 1.165) is 43.7 Å². The van der Waals surface area contributed by atoms with E-state index in [2.05, 4.69) is 0 Å². The number of carbonyl (C=O) groups excluding carboxylic acids is 1. The summed E-state index contributed by atoms with van der Waals surface area (Å²) in [6.45, 7) is 7.15. The van der Waals surface area contributed by atoms with Gasteiger partial charge in [-0.25, -0.2) is 0 Å². The second kappa shape index (κ2) is 6.59. The van der Waals surface area contributed by atoms with Crippen LogP contribution < -0.4 is 5.73 Å². The van der Waals surface area contributed by atoms with Crippen molar-refractivity contribution in [3.8, 4) is 0 Å². The molecule has 1 aromatic rings. The summed E-state index contributed by atoms with van der Waals surface area (Å²) >= 11 is 0. The van der Waals surface area contributed by atoms with Gasteiger partial charge in [-0.15, -0.1) is 0 Å². The van der Waals surface area contributed by atoms with Gasteiger partial charge in [-0.3, -0.25) is 4.79 Å². The van der Waals surface area contributed by atoms with E-state index in [-0.39, 0.29) is 5.91 Å². The Hall–Kier alpha value is -1.29. The molecule has 0 aromatic carbocycles. The molecule has 0 saturated carbocycles. The maximum Gasteiger partial charge on any atom is 0.257 e. The van der Waals surface area contributed by atoms with Crippen LogP contribution in [0.5, 0.6) is 0 Å². The summed E-state index contributed by atoms with van der Waals surface area (Å²) in [6.07, 6.45) is 3.08. The Labute approximate surface area is 109 Å². The highest BCUT2D eigenvalue weighted by molar-refractivity contribution is 5.96. The molecule has 0 unspecified atom stereocenters. The number of aryl methyl sites for hydroxylation is 2. The fraction of sp³-hybridized carbons (Fsp3) is 0.643. The number of carbonyl (C=O) groups is 1. The van der Waals surface area contributed by atoms with Crippen molar-refractivity contribution in [3.63, 3.8) is 0 Å².